The molecule has 4 nitrogen and oxygen atoms in total. The zero-order chi connectivity index (χ0) is 48.5. The number of anilines is 6. The zero-order valence-electron chi connectivity index (χ0n) is 40.8. The van der Waals surface area contributed by atoms with Crippen LogP contribution in [-0.4, -0.2) is 0 Å². The van der Waals surface area contributed by atoms with E-state index >= 15 is 0 Å². The van der Waals surface area contributed by atoms with Crippen LogP contribution in [0, 0.1) is 0 Å². The molecule has 13 aromatic rings. The van der Waals surface area contributed by atoms with E-state index in [1.54, 1.807) is 0 Å². The monoisotopic (exact) mass is 928 g/mol. The van der Waals surface area contributed by atoms with E-state index in [0.717, 1.165) is 122 Å². The third kappa shape index (κ3) is 7.38. The third-order valence-corrected chi connectivity index (χ3v) is 14.5. The van der Waals surface area contributed by atoms with Gasteiger partial charge in [0.15, 0.2) is 0 Å². The fraction of sp³-hybridized carbons (Fsp3) is 0.0882. The second-order valence-electron chi connectivity index (χ2n) is 19.7. The summed E-state index contributed by atoms with van der Waals surface area (Å²) < 4.78 is 14.6. The van der Waals surface area contributed by atoms with E-state index in [4.69, 9.17) is 8.83 Å². The van der Waals surface area contributed by atoms with Crippen LogP contribution < -0.4 is 9.80 Å². The second-order valence-corrected chi connectivity index (χ2v) is 19.7. The van der Waals surface area contributed by atoms with Crippen LogP contribution in [0.4, 0.5) is 34.1 Å². The topological polar surface area (TPSA) is 32.8 Å². The Bertz CT molecular complexity index is 3880. The molecule has 0 unspecified atom stereocenters. The third-order valence-electron chi connectivity index (χ3n) is 14.5. The van der Waals surface area contributed by atoms with Gasteiger partial charge < -0.3 is 18.6 Å². The molecule has 0 saturated carbocycles. The number of hydrogen-bond acceptors (Lipinski definition) is 4. The number of para-hydroxylation sites is 2. The van der Waals surface area contributed by atoms with Crippen LogP contribution in [0.1, 0.15) is 50.7 Å². The highest BCUT2D eigenvalue weighted by Crippen LogP contribution is 2.52. The van der Waals surface area contributed by atoms with Gasteiger partial charge in [0.25, 0.3) is 0 Å². The minimum Gasteiger partial charge on any atom is -0.455 e. The minimum atomic E-state index is 0.408. The molecule has 13 rings (SSSR count). The van der Waals surface area contributed by atoms with Crippen molar-refractivity contribution in [2.75, 3.05) is 9.80 Å². The van der Waals surface area contributed by atoms with E-state index in [2.05, 4.69) is 268 Å². The van der Waals surface area contributed by atoms with E-state index in [0.29, 0.717) is 11.8 Å². The molecule has 0 bridgehead atoms. The van der Waals surface area contributed by atoms with Crippen LogP contribution in [0.2, 0.25) is 0 Å². The fourth-order valence-corrected chi connectivity index (χ4v) is 10.9. The van der Waals surface area contributed by atoms with Crippen LogP contribution in [-0.2, 0) is 0 Å². The van der Waals surface area contributed by atoms with Gasteiger partial charge >= 0.3 is 0 Å². The van der Waals surface area contributed by atoms with Crippen LogP contribution >= 0.6 is 0 Å². The van der Waals surface area contributed by atoms with Gasteiger partial charge in [0.05, 0.1) is 0 Å². The van der Waals surface area contributed by atoms with Crippen molar-refractivity contribution in [1.29, 1.82) is 0 Å². The highest BCUT2D eigenvalue weighted by atomic mass is 16.3. The van der Waals surface area contributed by atoms with Gasteiger partial charge in [0.1, 0.15) is 22.3 Å². The maximum Gasteiger partial charge on any atom is 0.144 e. The summed E-state index contributed by atoms with van der Waals surface area (Å²) in [6.07, 6.45) is 0. The second kappa shape index (κ2) is 17.5. The number of furan rings is 2. The Morgan fingerprint density at radius 1 is 0.306 bits per heavy atom. The fourth-order valence-electron chi connectivity index (χ4n) is 10.9. The van der Waals surface area contributed by atoms with Crippen molar-refractivity contribution in [3.05, 3.63) is 242 Å². The van der Waals surface area contributed by atoms with Crippen molar-refractivity contribution in [2.45, 2.75) is 39.5 Å². The summed E-state index contributed by atoms with van der Waals surface area (Å²) in [6.45, 7) is 8.99. The quantitative estimate of drug-likeness (QED) is 0.137. The highest BCUT2D eigenvalue weighted by molar-refractivity contribution is 6.31. The molecule has 0 amide bonds. The molecule has 2 aromatic heterocycles. The van der Waals surface area contributed by atoms with Crippen LogP contribution in [0.15, 0.2) is 239 Å². The molecule has 0 atom stereocenters. The molecular weight excluding hydrogens is 877 g/mol. The normalized spacial score (nSPS) is 11.9. The molecule has 0 spiro atoms. The number of hydrogen-bond donors (Lipinski definition) is 0. The Morgan fingerprint density at radius 3 is 1.06 bits per heavy atom. The van der Waals surface area contributed by atoms with Crippen molar-refractivity contribution < 1.29 is 8.83 Å². The minimum absolute atomic E-state index is 0.408. The van der Waals surface area contributed by atoms with Crippen molar-refractivity contribution >= 4 is 99.5 Å². The summed E-state index contributed by atoms with van der Waals surface area (Å²) in [5.41, 5.74) is 16.8. The number of benzene rings is 11. The van der Waals surface area contributed by atoms with Gasteiger partial charge in [-0.1, -0.05) is 161 Å². The molecule has 2 heterocycles. The van der Waals surface area contributed by atoms with Crippen LogP contribution in [0.5, 0.6) is 0 Å². The van der Waals surface area contributed by atoms with Crippen molar-refractivity contribution in [3.8, 4) is 22.3 Å². The van der Waals surface area contributed by atoms with Crippen molar-refractivity contribution in [3.63, 3.8) is 0 Å². The van der Waals surface area contributed by atoms with E-state index in [-0.39, 0.29) is 0 Å². The molecule has 0 fully saturated rings. The van der Waals surface area contributed by atoms with Gasteiger partial charge in [-0.2, -0.15) is 0 Å². The first-order chi connectivity index (χ1) is 35.3. The molecule has 0 aliphatic rings. The molecule has 11 aromatic carbocycles. The van der Waals surface area contributed by atoms with Crippen molar-refractivity contribution in [2.24, 2.45) is 0 Å². The van der Waals surface area contributed by atoms with Gasteiger partial charge in [-0.3, -0.25) is 0 Å². The molecular formula is C68H52N2O2. The Morgan fingerprint density at radius 2 is 0.667 bits per heavy atom. The maximum absolute atomic E-state index is 7.32. The molecule has 0 aliphatic heterocycles. The molecule has 346 valence electrons. The lowest BCUT2D eigenvalue weighted by molar-refractivity contribution is 0.666. The molecule has 0 aliphatic carbocycles. The van der Waals surface area contributed by atoms with Gasteiger partial charge in [-0.15, -0.1) is 0 Å². The molecule has 0 radical (unpaired) electrons. The number of fused-ring (bicyclic) bond motifs is 8. The first kappa shape index (κ1) is 43.2. The predicted molar refractivity (Wildman–Crippen MR) is 304 cm³/mol. The Kier molecular flexibility index (Phi) is 10.5. The number of nitrogens with zero attached hydrogens (tertiary/aromatic N) is 2. The van der Waals surface area contributed by atoms with Gasteiger partial charge in [-0.05, 0) is 153 Å². The first-order valence-corrected chi connectivity index (χ1v) is 25.1. The van der Waals surface area contributed by atoms with Crippen molar-refractivity contribution in [1.82, 2.24) is 0 Å². The lowest BCUT2D eigenvalue weighted by atomic mass is 9.90. The summed E-state index contributed by atoms with van der Waals surface area (Å²) in [5, 5.41) is 8.63. The maximum atomic E-state index is 7.32. The lowest BCUT2D eigenvalue weighted by Crippen LogP contribution is -2.10. The lowest BCUT2D eigenvalue weighted by Gasteiger charge is -2.26. The first-order valence-electron chi connectivity index (χ1n) is 25.1. The number of rotatable bonds is 10. The van der Waals surface area contributed by atoms with Gasteiger partial charge in [0.2, 0.25) is 0 Å². The van der Waals surface area contributed by atoms with Crippen LogP contribution in [0.3, 0.4) is 0 Å². The Hall–Kier alpha value is -8.86. The van der Waals surface area contributed by atoms with Gasteiger partial charge in [0, 0.05) is 66.8 Å². The van der Waals surface area contributed by atoms with Gasteiger partial charge in [-0.25, -0.2) is 0 Å². The molecule has 4 heteroatoms. The summed E-state index contributed by atoms with van der Waals surface area (Å²) in [5.74, 6) is 0.815. The summed E-state index contributed by atoms with van der Waals surface area (Å²) in [7, 11) is 0. The Balaban J connectivity index is 1.04. The molecule has 72 heavy (non-hydrogen) atoms. The van der Waals surface area contributed by atoms with E-state index in [1.807, 2.05) is 0 Å². The average Bonchev–Trinajstić information content (AvgIpc) is 3.97. The van der Waals surface area contributed by atoms with E-state index in [9.17, 15) is 0 Å². The van der Waals surface area contributed by atoms with E-state index in [1.165, 1.54) is 11.1 Å². The summed E-state index contributed by atoms with van der Waals surface area (Å²) in [6, 6.07) is 83.1. The Labute approximate surface area is 419 Å². The average molecular weight is 929 g/mol. The summed E-state index contributed by atoms with van der Waals surface area (Å²) in [4.78, 5) is 4.70. The largest absolute Gasteiger partial charge is 0.455 e. The smallest absolute Gasteiger partial charge is 0.144 e. The molecule has 0 saturated heterocycles. The standard InChI is InChI=1S/C68H52N2O2/c1-43(2)47-23-17-29-55(35-47)69(53-25-13-7-14-26-53)57-33-31-49-39-59-61(41-51(49)37-57)71-67-64(46-21-11-6-12-22-46)66-60-40-50-32-34-58(70(54-27-15-8-16-28-54)56-30-18-24-48(36-56)44(3)4)38-52(50)42-62(60)72-68(66)63(65(59)67)45-19-9-5-10-20-45/h5-44H,1-4H3. The molecule has 0 N–H and O–H groups in total. The van der Waals surface area contributed by atoms with Crippen LogP contribution in [0.25, 0.3) is 87.7 Å². The predicted octanol–water partition coefficient (Wildman–Crippen LogP) is 20.3. The summed E-state index contributed by atoms with van der Waals surface area (Å²) >= 11 is 0. The zero-order valence-corrected chi connectivity index (χ0v) is 40.8. The van der Waals surface area contributed by atoms with E-state index < -0.39 is 0 Å². The SMILES string of the molecule is CC(C)c1cccc(N(c2ccccc2)c2ccc3cc4c(cc3c2)oc2c(-c3ccccc3)c3c(oc5cc6cc(N(c7ccccc7)c7cccc(C(C)C)c7)ccc6cc53)c(-c3ccccc3)c24)c1. The highest BCUT2D eigenvalue weighted by Gasteiger charge is 2.28.